The van der Waals surface area contributed by atoms with Crippen molar-refractivity contribution in [2.75, 3.05) is 33.4 Å². The van der Waals surface area contributed by atoms with E-state index >= 15 is 0 Å². The first-order valence-electron chi connectivity index (χ1n) is 12.8. The molecular weight excluding hydrogens is 530 g/mol. The second kappa shape index (κ2) is 12.9. The summed E-state index contributed by atoms with van der Waals surface area (Å²) in [7, 11) is 1.50. The Morgan fingerprint density at radius 2 is 1.87 bits per heavy atom. The van der Waals surface area contributed by atoms with Crippen LogP contribution in [0.15, 0.2) is 35.9 Å². The van der Waals surface area contributed by atoms with E-state index in [4.69, 9.17) is 9.47 Å². The van der Waals surface area contributed by atoms with Crippen LogP contribution in [0.5, 0.6) is 0 Å². The highest BCUT2D eigenvalue weighted by Gasteiger charge is 2.60. The van der Waals surface area contributed by atoms with Crippen molar-refractivity contribution >= 4 is 35.8 Å². The van der Waals surface area contributed by atoms with E-state index in [1.807, 2.05) is 6.92 Å². The van der Waals surface area contributed by atoms with Gasteiger partial charge in [0.25, 0.3) is 0 Å². The van der Waals surface area contributed by atoms with Crippen LogP contribution in [0.1, 0.15) is 26.7 Å². The van der Waals surface area contributed by atoms with Gasteiger partial charge in [-0.25, -0.2) is 14.4 Å². The summed E-state index contributed by atoms with van der Waals surface area (Å²) in [5.74, 6) is -2.61. The van der Waals surface area contributed by atoms with E-state index in [1.165, 1.54) is 52.6 Å². The Labute approximate surface area is 231 Å². The summed E-state index contributed by atoms with van der Waals surface area (Å²) in [6, 6.07) is -1.52. The van der Waals surface area contributed by atoms with Crippen LogP contribution in [0.3, 0.4) is 0 Å². The Morgan fingerprint density at radius 3 is 2.44 bits per heavy atom. The maximum absolute atomic E-state index is 12.9. The second-order valence-corrected chi connectivity index (χ2v) is 11.3. The Balaban J connectivity index is 1.82. The largest absolute Gasteiger partial charge is 0.477 e. The fourth-order valence-electron chi connectivity index (χ4n) is 5.53. The molecule has 0 aromatic rings. The molecule has 0 aromatic heterocycles. The van der Waals surface area contributed by atoms with Crippen molar-refractivity contribution in [2.45, 2.75) is 56.2 Å². The summed E-state index contributed by atoms with van der Waals surface area (Å²) >= 11 is 1.31. The number of carboxylic acids is 1. The van der Waals surface area contributed by atoms with E-state index in [-0.39, 0.29) is 49.7 Å². The van der Waals surface area contributed by atoms with Gasteiger partial charge in [0.15, 0.2) is 0 Å². The minimum atomic E-state index is -1.22. The van der Waals surface area contributed by atoms with Crippen LogP contribution < -0.4 is 0 Å². The molecule has 13 heteroatoms. The van der Waals surface area contributed by atoms with Crippen LogP contribution in [0.4, 0.5) is 9.59 Å². The Hall–Kier alpha value is -3.03. The fourth-order valence-corrected chi connectivity index (χ4v) is 7.09. The minimum Gasteiger partial charge on any atom is -0.477 e. The van der Waals surface area contributed by atoms with Gasteiger partial charge >= 0.3 is 18.2 Å². The number of amides is 3. The number of aliphatic hydroxyl groups excluding tert-OH is 2. The van der Waals surface area contributed by atoms with Crippen LogP contribution in [-0.4, -0.2) is 117 Å². The van der Waals surface area contributed by atoms with Crippen LogP contribution in [0.2, 0.25) is 0 Å². The number of hydrogen-bond acceptors (Lipinski definition) is 9. The average Bonchev–Trinajstić information content (AvgIpc) is 3.40. The van der Waals surface area contributed by atoms with E-state index < -0.39 is 54.2 Å². The van der Waals surface area contributed by atoms with Crippen molar-refractivity contribution in [3.63, 3.8) is 0 Å². The molecule has 3 N–H and O–H groups in total. The maximum atomic E-state index is 12.9. The van der Waals surface area contributed by atoms with Gasteiger partial charge in [0.2, 0.25) is 5.91 Å². The predicted molar refractivity (Wildman–Crippen MR) is 142 cm³/mol. The van der Waals surface area contributed by atoms with Gasteiger partial charge in [-0.15, -0.1) is 11.8 Å². The molecule has 2 fully saturated rings. The number of carboxylic acid groups (broad SMARTS) is 1. The number of hydrogen-bond donors (Lipinski definition) is 3. The van der Waals surface area contributed by atoms with Crippen LogP contribution in [-0.2, 0) is 19.1 Å². The SMILES string of the molecule is C=CCOC(=O)N(C)C(CO)C[C@@H]1C[C@H](SC2=C(C(=O)O)N3C(=O)[C@H]([C@@H](C)O)[C@H]3[C@H]2C)CN1C(=O)OCC=C. The lowest BCUT2D eigenvalue weighted by Gasteiger charge is -2.46. The molecule has 216 valence electrons. The molecule has 39 heavy (non-hydrogen) atoms. The monoisotopic (exact) mass is 567 g/mol. The topological polar surface area (TPSA) is 157 Å². The van der Waals surface area contributed by atoms with E-state index in [9.17, 15) is 34.5 Å². The first-order chi connectivity index (χ1) is 18.5. The molecule has 0 saturated carbocycles. The lowest BCUT2D eigenvalue weighted by Crippen LogP contribution is -2.63. The molecule has 0 aromatic carbocycles. The third kappa shape index (κ3) is 6.10. The molecule has 2 saturated heterocycles. The average molecular weight is 568 g/mol. The van der Waals surface area contributed by atoms with Crippen LogP contribution in [0.25, 0.3) is 0 Å². The molecule has 3 rings (SSSR count). The van der Waals surface area contributed by atoms with Gasteiger partial charge < -0.3 is 39.5 Å². The minimum absolute atomic E-state index is 0.00189. The zero-order valence-corrected chi connectivity index (χ0v) is 23.2. The number of carbonyl (C=O) groups is 4. The molecule has 0 aliphatic carbocycles. The number of aliphatic hydroxyl groups is 2. The molecular formula is C26H37N3O9S. The Morgan fingerprint density at radius 1 is 1.23 bits per heavy atom. The number of carbonyl (C=O) groups excluding carboxylic acids is 3. The summed E-state index contributed by atoms with van der Waals surface area (Å²) in [6.07, 6.45) is 1.40. The fraction of sp³-hybridized carbons (Fsp3) is 0.615. The Bertz CT molecular complexity index is 1030. The quantitative estimate of drug-likeness (QED) is 0.234. The number of rotatable bonds is 12. The number of likely N-dealkylation sites (N-methyl/N-ethyl adjacent to an activating group) is 1. The number of ether oxygens (including phenoxy) is 2. The number of aliphatic carboxylic acids is 1. The zero-order valence-electron chi connectivity index (χ0n) is 22.4. The molecule has 3 aliphatic heterocycles. The van der Waals surface area contributed by atoms with E-state index in [1.54, 1.807) is 0 Å². The highest BCUT2D eigenvalue weighted by molar-refractivity contribution is 8.03. The lowest BCUT2D eigenvalue weighted by atomic mass is 9.79. The van der Waals surface area contributed by atoms with Crippen molar-refractivity contribution in [1.29, 1.82) is 0 Å². The molecule has 3 amide bonds. The number of thioether (sulfide) groups is 1. The molecule has 12 nitrogen and oxygen atoms in total. The van der Waals surface area contributed by atoms with Crippen molar-refractivity contribution in [2.24, 2.45) is 11.8 Å². The summed E-state index contributed by atoms with van der Waals surface area (Å²) in [4.78, 5) is 54.7. The third-order valence-corrected chi connectivity index (χ3v) is 8.95. The second-order valence-electron chi connectivity index (χ2n) is 9.97. The first kappa shape index (κ1) is 30.5. The summed E-state index contributed by atoms with van der Waals surface area (Å²) in [6.45, 7) is 10.3. The van der Waals surface area contributed by atoms with Crippen molar-refractivity contribution < 1.29 is 44.0 Å². The van der Waals surface area contributed by atoms with Gasteiger partial charge in [-0.05, 0) is 19.8 Å². The van der Waals surface area contributed by atoms with E-state index in [0.29, 0.717) is 11.3 Å². The van der Waals surface area contributed by atoms with E-state index in [2.05, 4.69) is 13.2 Å². The summed E-state index contributed by atoms with van der Waals surface area (Å²) < 4.78 is 10.3. The van der Waals surface area contributed by atoms with Crippen LogP contribution >= 0.6 is 11.8 Å². The van der Waals surface area contributed by atoms with Crippen molar-refractivity contribution in [1.82, 2.24) is 14.7 Å². The Kier molecular flexibility index (Phi) is 10.1. The van der Waals surface area contributed by atoms with Crippen LogP contribution in [0, 0.1) is 11.8 Å². The molecule has 3 aliphatic rings. The molecule has 0 spiro atoms. The predicted octanol–water partition coefficient (Wildman–Crippen LogP) is 1.64. The number of β-lactam (4-membered cyclic amide) rings is 1. The number of fused-ring (bicyclic) bond motifs is 1. The smallest absolute Gasteiger partial charge is 0.410 e. The molecule has 0 radical (unpaired) electrons. The highest BCUT2D eigenvalue weighted by Crippen LogP contribution is 2.52. The first-order valence-corrected chi connectivity index (χ1v) is 13.7. The van der Waals surface area contributed by atoms with Gasteiger partial charge in [-0.3, -0.25) is 4.79 Å². The van der Waals surface area contributed by atoms with Gasteiger partial charge in [0, 0.05) is 35.7 Å². The zero-order chi connectivity index (χ0) is 29.0. The molecule has 1 unspecified atom stereocenters. The normalized spacial score (nSPS) is 27.4. The van der Waals surface area contributed by atoms with Crippen molar-refractivity contribution in [3.05, 3.63) is 35.9 Å². The maximum Gasteiger partial charge on any atom is 0.410 e. The van der Waals surface area contributed by atoms with Gasteiger partial charge in [0.1, 0.15) is 18.9 Å². The molecule has 0 bridgehead atoms. The third-order valence-electron chi connectivity index (χ3n) is 7.46. The number of nitrogens with zero attached hydrogens (tertiary/aromatic N) is 3. The van der Waals surface area contributed by atoms with Gasteiger partial charge in [0.05, 0.1) is 30.7 Å². The lowest BCUT2D eigenvalue weighted by molar-refractivity contribution is -0.163. The van der Waals surface area contributed by atoms with E-state index in [0.717, 1.165) is 0 Å². The number of likely N-dealkylation sites (tertiary alicyclic amines) is 1. The summed E-state index contributed by atoms with van der Waals surface area (Å²) in [5.41, 5.74) is -0.0819. The van der Waals surface area contributed by atoms with Gasteiger partial charge in [-0.2, -0.15) is 0 Å². The molecule has 7 atom stereocenters. The summed E-state index contributed by atoms with van der Waals surface area (Å²) in [5, 5.41) is 29.8. The highest BCUT2D eigenvalue weighted by atomic mass is 32.2. The molecule has 3 heterocycles. The van der Waals surface area contributed by atoms with Crippen molar-refractivity contribution in [3.8, 4) is 0 Å². The van der Waals surface area contributed by atoms with Gasteiger partial charge in [-0.1, -0.05) is 32.2 Å². The standard InChI is InChI=1S/C26H37N3O9S/c1-6-8-37-25(35)27(5)17(13-30)10-16-11-18(12-28(16)26(36)38-9-7-2)39-22-14(3)20-19(15(4)31)23(32)29(20)21(22)24(33)34/h6-7,14-20,30-31H,1-2,8-13H2,3-5H3,(H,33,34)/t14-,15-,16-,17?,18+,19-,20-/m1/s1.